The zero-order chi connectivity index (χ0) is 28.3. The van der Waals surface area contributed by atoms with Crippen LogP contribution in [-0.4, -0.2) is 14.4 Å². The summed E-state index contributed by atoms with van der Waals surface area (Å²) in [6.07, 6.45) is 2.03. The smallest absolute Gasteiger partial charge is 0.165 e. The second kappa shape index (κ2) is 9.37. The van der Waals surface area contributed by atoms with Crippen molar-refractivity contribution in [3.8, 4) is 33.5 Å². The van der Waals surface area contributed by atoms with E-state index in [4.69, 9.17) is 9.97 Å². The molecule has 3 heteroatoms. The molecule has 43 heavy (non-hydrogen) atoms. The van der Waals surface area contributed by atoms with Crippen LogP contribution in [-0.2, 0) is 0 Å². The molecule has 0 saturated heterocycles. The van der Waals surface area contributed by atoms with Crippen molar-refractivity contribution in [2.75, 3.05) is 0 Å². The maximum atomic E-state index is 5.16. The van der Waals surface area contributed by atoms with Gasteiger partial charge in [0.05, 0.1) is 5.69 Å². The number of pyridine rings is 2. The topological polar surface area (TPSA) is 30.2 Å². The average Bonchev–Trinajstić information content (AvgIpc) is 3.46. The van der Waals surface area contributed by atoms with Crippen LogP contribution >= 0.6 is 0 Å². The van der Waals surface area contributed by atoms with Crippen LogP contribution in [0.25, 0.3) is 82.6 Å². The summed E-state index contributed by atoms with van der Waals surface area (Å²) in [7, 11) is 0. The van der Waals surface area contributed by atoms with E-state index in [0.29, 0.717) is 0 Å². The van der Waals surface area contributed by atoms with E-state index in [9.17, 15) is 0 Å². The van der Waals surface area contributed by atoms with Crippen molar-refractivity contribution < 1.29 is 0 Å². The summed E-state index contributed by atoms with van der Waals surface area (Å²) in [5, 5.41) is 7.23. The van der Waals surface area contributed by atoms with Gasteiger partial charge >= 0.3 is 0 Å². The quantitative estimate of drug-likeness (QED) is 0.220. The number of rotatable bonds is 3. The van der Waals surface area contributed by atoms with E-state index in [0.717, 1.165) is 38.8 Å². The molecule has 0 radical (unpaired) electrons. The summed E-state index contributed by atoms with van der Waals surface area (Å²) in [6.45, 7) is 0. The Hall–Kier alpha value is -5.80. The summed E-state index contributed by atoms with van der Waals surface area (Å²) >= 11 is 0. The molecule has 6 aromatic carbocycles. The summed E-state index contributed by atoms with van der Waals surface area (Å²) in [4.78, 5) is 10.0. The first kappa shape index (κ1) is 23.9. The Balaban J connectivity index is 1.09. The average molecular weight is 548 g/mol. The summed E-state index contributed by atoms with van der Waals surface area (Å²) in [5.41, 5.74) is 9.64. The molecule has 0 amide bonds. The first-order valence-electron chi connectivity index (χ1n) is 14.6. The summed E-state index contributed by atoms with van der Waals surface area (Å²) in [6, 6.07) is 52.0. The largest absolute Gasteiger partial charge is 0.284 e. The zero-order valence-corrected chi connectivity index (χ0v) is 23.3. The van der Waals surface area contributed by atoms with Gasteiger partial charge < -0.3 is 0 Å². The second-order valence-corrected chi connectivity index (χ2v) is 11.1. The van der Waals surface area contributed by atoms with Gasteiger partial charge in [0.15, 0.2) is 5.65 Å². The highest BCUT2D eigenvalue weighted by Gasteiger charge is 2.15. The molecule has 0 fully saturated rings. The van der Waals surface area contributed by atoms with Gasteiger partial charge in [-0.2, -0.15) is 0 Å². The molecule has 200 valence electrons. The molecular formula is C40H25N3. The maximum Gasteiger partial charge on any atom is 0.165 e. The van der Waals surface area contributed by atoms with Crippen LogP contribution in [0.2, 0.25) is 0 Å². The minimum atomic E-state index is 0.881. The van der Waals surface area contributed by atoms with E-state index < -0.39 is 0 Å². The van der Waals surface area contributed by atoms with Crippen LogP contribution in [0.15, 0.2) is 152 Å². The first-order valence-corrected chi connectivity index (χ1v) is 14.6. The monoisotopic (exact) mass is 547 g/mol. The molecule has 0 N–H and O–H groups in total. The lowest BCUT2D eigenvalue weighted by atomic mass is 9.96. The predicted molar refractivity (Wildman–Crippen MR) is 179 cm³/mol. The standard InChI is InChI=1S/C40H25N3/c1-2-8-29-23-31(17-14-26(29)7-1)34-21-20-32-24-30(18-19-33(32)25-34)27-12-15-28(16-13-27)38-35-9-3-4-10-36(35)39-40(42-38)43-22-6-5-11-37(43)41-39/h1-25H. The number of nitrogens with zero attached hydrogens (tertiary/aromatic N) is 3. The Bertz CT molecular complexity index is 2500. The van der Waals surface area contributed by atoms with E-state index in [1.165, 1.54) is 43.8 Å². The lowest BCUT2D eigenvalue weighted by molar-refractivity contribution is 1.19. The highest BCUT2D eigenvalue weighted by atomic mass is 15.1. The van der Waals surface area contributed by atoms with Crippen LogP contribution in [0.3, 0.4) is 0 Å². The van der Waals surface area contributed by atoms with Gasteiger partial charge in [-0.25, -0.2) is 9.97 Å². The van der Waals surface area contributed by atoms with Crippen molar-refractivity contribution >= 4 is 49.1 Å². The molecule has 0 aliphatic heterocycles. The molecule has 0 bridgehead atoms. The number of imidazole rings is 1. The van der Waals surface area contributed by atoms with Crippen molar-refractivity contribution in [3.05, 3.63) is 152 Å². The van der Waals surface area contributed by atoms with Gasteiger partial charge in [-0.15, -0.1) is 0 Å². The molecule has 0 unspecified atom stereocenters. The third kappa shape index (κ3) is 3.90. The van der Waals surface area contributed by atoms with Gasteiger partial charge in [-0.3, -0.25) is 4.40 Å². The third-order valence-corrected chi connectivity index (χ3v) is 8.57. The molecular weight excluding hydrogens is 522 g/mol. The molecule has 9 rings (SSSR count). The molecule has 0 atom stereocenters. The van der Waals surface area contributed by atoms with Crippen LogP contribution in [0, 0.1) is 0 Å². The van der Waals surface area contributed by atoms with Crippen molar-refractivity contribution in [3.63, 3.8) is 0 Å². The minimum absolute atomic E-state index is 0.881. The van der Waals surface area contributed by atoms with Gasteiger partial charge in [0, 0.05) is 22.5 Å². The minimum Gasteiger partial charge on any atom is -0.284 e. The zero-order valence-electron chi connectivity index (χ0n) is 23.3. The predicted octanol–water partition coefficient (Wildman–Crippen LogP) is 10.3. The third-order valence-electron chi connectivity index (χ3n) is 8.57. The number of benzene rings is 6. The van der Waals surface area contributed by atoms with Gasteiger partial charge in [0.25, 0.3) is 0 Å². The van der Waals surface area contributed by atoms with E-state index in [1.54, 1.807) is 0 Å². The van der Waals surface area contributed by atoms with E-state index in [1.807, 2.05) is 24.4 Å². The molecule has 9 aromatic rings. The molecule has 0 aliphatic rings. The van der Waals surface area contributed by atoms with Crippen LogP contribution in [0.1, 0.15) is 0 Å². The second-order valence-electron chi connectivity index (χ2n) is 11.1. The van der Waals surface area contributed by atoms with E-state index in [2.05, 4.69) is 132 Å². The van der Waals surface area contributed by atoms with Crippen LogP contribution < -0.4 is 0 Å². The molecule has 3 heterocycles. The molecule has 0 saturated carbocycles. The first-order chi connectivity index (χ1) is 21.3. The Labute approximate surface area is 248 Å². The lowest BCUT2D eigenvalue weighted by Gasteiger charge is -2.10. The molecule has 3 nitrogen and oxygen atoms in total. The molecule has 0 aliphatic carbocycles. The van der Waals surface area contributed by atoms with Crippen molar-refractivity contribution in [1.29, 1.82) is 0 Å². The van der Waals surface area contributed by atoms with Gasteiger partial charge in [-0.1, -0.05) is 115 Å². The Kier molecular flexibility index (Phi) is 5.20. The number of hydrogen-bond donors (Lipinski definition) is 0. The van der Waals surface area contributed by atoms with Crippen molar-refractivity contribution in [2.24, 2.45) is 0 Å². The maximum absolute atomic E-state index is 5.16. The highest BCUT2D eigenvalue weighted by molar-refractivity contribution is 6.09. The number of fused-ring (bicyclic) bond motifs is 7. The Morgan fingerprint density at radius 3 is 1.67 bits per heavy atom. The molecule has 0 spiro atoms. The van der Waals surface area contributed by atoms with E-state index >= 15 is 0 Å². The van der Waals surface area contributed by atoms with Gasteiger partial charge in [-0.05, 0) is 74.1 Å². The fraction of sp³-hybridized carbons (Fsp3) is 0. The van der Waals surface area contributed by atoms with Gasteiger partial charge in [0.2, 0.25) is 0 Å². The van der Waals surface area contributed by atoms with Crippen LogP contribution in [0.4, 0.5) is 0 Å². The number of hydrogen-bond acceptors (Lipinski definition) is 2. The molecule has 3 aromatic heterocycles. The summed E-state index contributed by atoms with van der Waals surface area (Å²) < 4.78 is 2.07. The SMILES string of the molecule is c1ccc2cc(-c3ccc4cc(-c5ccc(-c6nc7c(nc8ccccn87)c7ccccc67)cc5)ccc4c3)ccc2c1. The van der Waals surface area contributed by atoms with Gasteiger partial charge in [0.1, 0.15) is 11.2 Å². The number of aromatic nitrogens is 3. The Morgan fingerprint density at radius 2 is 0.930 bits per heavy atom. The Morgan fingerprint density at radius 1 is 0.395 bits per heavy atom. The van der Waals surface area contributed by atoms with Crippen LogP contribution in [0.5, 0.6) is 0 Å². The summed E-state index contributed by atoms with van der Waals surface area (Å²) in [5.74, 6) is 0. The van der Waals surface area contributed by atoms with Crippen molar-refractivity contribution in [2.45, 2.75) is 0 Å². The van der Waals surface area contributed by atoms with Crippen molar-refractivity contribution in [1.82, 2.24) is 14.4 Å². The normalized spacial score (nSPS) is 11.7. The van der Waals surface area contributed by atoms with E-state index in [-0.39, 0.29) is 0 Å². The fourth-order valence-corrected chi connectivity index (χ4v) is 6.35. The lowest BCUT2D eigenvalue weighted by Crippen LogP contribution is -1.91. The fourth-order valence-electron chi connectivity index (χ4n) is 6.35. The highest BCUT2D eigenvalue weighted by Crippen LogP contribution is 2.35.